The minimum absolute atomic E-state index is 0.101. The van der Waals surface area contributed by atoms with E-state index in [1.165, 1.54) is 11.8 Å². The molecule has 0 aliphatic heterocycles. The summed E-state index contributed by atoms with van der Waals surface area (Å²) in [6.45, 7) is 7.94. The number of rotatable bonds is 9. The summed E-state index contributed by atoms with van der Waals surface area (Å²) in [6, 6.07) is 11.8. The number of nitrogens with zero attached hydrogens (tertiary/aromatic N) is 3. The van der Waals surface area contributed by atoms with Crippen LogP contribution in [0.5, 0.6) is 0 Å². The Morgan fingerprint density at radius 2 is 1.88 bits per heavy atom. The Kier molecular flexibility index (Phi) is 8.55. The third-order valence-electron chi connectivity index (χ3n) is 4.66. The van der Waals surface area contributed by atoms with E-state index in [9.17, 15) is 9.59 Å². The molecule has 0 fully saturated rings. The molecular weight excluding hydrogens is 481 g/mol. The lowest BCUT2D eigenvalue weighted by Gasteiger charge is -2.16. The first-order valence-corrected chi connectivity index (χ1v) is 11.8. The molecule has 33 heavy (non-hydrogen) atoms. The lowest BCUT2D eigenvalue weighted by atomic mass is 10.1. The number of carbonyl (C=O) groups excluding carboxylic acids is 2. The van der Waals surface area contributed by atoms with Crippen molar-refractivity contribution in [2.24, 2.45) is 0 Å². The number of aryl methyl sites for hydroxylation is 1. The van der Waals surface area contributed by atoms with Crippen molar-refractivity contribution >= 4 is 52.5 Å². The van der Waals surface area contributed by atoms with E-state index in [2.05, 4.69) is 27.4 Å². The second kappa shape index (κ2) is 11.4. The molecular formula is C23H23Cl2N5O2S. The minimum atomic E-state index is -0.402. The standard InChI is InChI=1S/C23H23Cl2N5O2S/c1-4-9-30-21(15(3)26-22(32)19-8-6-5-7-14(19)2)28-29-23(30)33-13-20(31)27-18-11-16(24)10-17(25)12-18/h4-8,10-12,15H,1,9,13H2,2-3H3,(H,26,32)(H,27,31)/t15-/m0/s1. The highest BCUT2D eigenvalue weighted by Gasteiger charge is 2.21. The molecule has 0 spiro atoms. The van der Waals surface area contributed by atoms with E-state index in [0.717, 1.165) is 5.56 Å². The Morgan fingerprint density at radius 1 is 1.18 bits per heavy atom. The summed E-state index contributed by atoms with van der Waals surface area (Å²) in [6.07, 6.45) is 1.71. The van der Waals surface area contributed by atoms with Gasteiger partial charge in [-0.1, -0.05) is 59.2 Å². The average molecular weight is 504 g/mol. The molecule has 1 aromatic heterocycles. The number of halogens is 2. The van der Waals surface area contributed by atoms with E-state index in [-0.39, 0.29) is 17.6 Å². The fourth-order valence-corrected chi connectivity index (χ4v) is 4.43. The Morgan fingerprint density at radius 3 is 2.55 bits per heavy atom. The van der Waals surface area contributed by atoms with Gasteiger partial charge in [0.25, 0.3) is 5.91 Å². The van der Waals surface area contributed by atoms with Gasteiger partial charge >= 0.3 is 0 Å². The normalized spacial score (nSPS) is 11.6. The van der Waals surface area contributed by atoms with Crippen LogP contribution in [-0.4, -0.2) is 32.3 Å². The third kappa shape index (κ3) is 6.60. The molecule has 1 atom stereocenters. The molecule has 2 amide bonds. The zero-order chi connectivity index (χ0) is 24.0. The molecule has 7 nitrogen and oxygen atoms in total. The van der Waals surface area contributed by atoms with E-state index in [1.54, 1.807) is 30.3 Å². The first kappa shape index (κ1) is 24.8. The zero-order valence-electron chi connectivity index (χ0n) is 18.1. The van der Waals surface area contributed by atoms with Crippen LogP contribution in [0.25, 0.3) is 0 Å². The van der Waals surface area contributed by atoms with Crippen molar-refractivity contribution in [1.29, 1.82) is 0 Å². The Balaban J connectivity index is 1.68. The molecule has 0 bridgehead atoms. The Labute approximate surface area is 206 Å². The maximum atomic E-state index is 12.7. The third-order valence-corrected chi connectivity index (χ3v) is 6.06. The zero-order valence-corrected chi connectivity index (χ0v) is 20.5. The molecule has 10 heteroatoms. The molecule has 3 rings (SSSR count). The summed E-state index contributed by atoms with van der Waals surface area (Å²) in [5.74, 6) is 0.237. The molecule has 2 aromatic carbocycles. The maximum Gasteiger partial charge on any atom is 0.252 e. The fourth-order valence-electron chi connectivity index (χ4n) is 3.15. The van der Waals surface area contributed by atoms with Crippen molar-refractivity contribution < 1.29 is 9.59 Å². The van der Waals surface area contributed by atoms with Crippen LogP contribution in [0, 0.1) is 6.92 Å². The van der Waals surface area contributed by atoms with Gasteiger partial charge in [-0.25, -0.2) is 0 Å². The van der Waals surface area contributed by atoms with Crippen LogP contribution in [0.15, 0.2) is 60.3 Å². The van der Waals surface area contributed by atoms with E-state index in [1.807, 2.05) is 36.6 Å². The van der Waals surface area contributed by atoms with Crippen LogP contribution in [0.3, 0.4) is 0 Å². The summed E-state index contributed by atoms with van der Waals surface area (Å²) in [5.41, 5.74) is 2.00. The van der Waals surface area contributed by atoms with Gasteiger partial charge in [0.15, 0.2) is 11.0 Å². The number of thioether (sulfide) groups is 1. The molecule has 3 aromatic rings. The lowest BCUT2D eigenvalue weighted by molar-refractivity contribution is -0.113. The van der Waals surface area contributed by atoms with Gasteiger partial charge in [-0.3, -0.25) is 9.59 Å². The predicted molar refractivity (Wildman–Crippen MR) is 133 cm³/mol. The number of anilines is 1. The molecule has 0 radical (unpaired) electrons. The molecule has 0 aliphatic rings. The topological polar surface area (TPSA) is 88.9 Å². The molecule has 0 saturated heterocycles. The highest BCUT2D eigenvalue weighted by Crippen LogP contribution is 2.24. The van der Waals surface area contributed by atoms with Crippen molar-refractivity contribution in [2.45, 2.75) is 31.6 Å². The molecule has 0 saturated carbocycles. The van der Waals surface area contributed by atoms with Crippen molar-refractivity contribution in [3.63, 3.8) is 0 Å². The smallest absolute Gasteiger partial charge is 0.252 e. The quantitative estimate of drug-likeness (QED) is 0.305. The van der Waals surface area contributed by atoms with Gasteiger partial charge in [0.1, 0.15) is 0 Å². The SMILES string of the molecule is C=CCn1c(SCC(=O)Nc2cc(Cl)cc(Cl)c2)nnc1[C@H](C)NC(=O)c1ccccc1C. The number of hydrogen-bond acceptors (Lipinski definition) is 5. The Bertz CT molecular complexity index is 1160. The van der Waals surface area contributed by atoms with E-state index in [4.69, 9.17) is 23.2 Å². The number of aromatic nitrogens is 3. The summed E-state index contributed by atoms with van der Waals surface area (Å²) in [5, 5.41) is 15.6. The highest BCUT2D eigenvalue weighted by molar-refractivity contribution is 7.99. The molecule has 0 unspecified atom stereocenters. The molecule has 1 heterocycles. The van der Waals surface area contributed by atoms with Crippen LogP contribution < -0.4 is 10.6 Å². The van der Waals surface area contributed by atoms with Gasteiger partial charge in [-0.15, -0.1) is 16.8 Å². The average Bonchev–Trinajstić information content (AvgIpc) is 3.14. The molecule has 2 N–H and O–H groups in total. The summed E-state index contributed by atoms with van der Waals surface area (Å²) in [4.78, 5) is 25.1. The number of benzene rings is 2. The second-order valence-corrected chi connectivity index (χ2v) is 9.06. The summed E-state index contributed by atoms with van der Waals surface area (Å²) < 4.78 is 1.82. The Hall–Kier alpha value is -2.81. The molecule has 172 valence electrons. The number of carbonyl (C=O) groups is 2. The number of hydrogen-bond donors (Lipinski definition) is 2. The first-order chi connectivity index (χ1) is 15.8. The van der Waals surface area contributed by atoms with Crippen molar-refractivity contribution in [2.75, 3.05) is 11.1 Å². The summed E-state index contributed by atoms with van der Waals surface area (Å²) in [7, 11) is 0. The van der Waals surface area contributed by atoms with E-state index >= 15 is 0 Å². The van der Waals surface area contributed by atoms with Gasteiger partial charge in [-0.2, -0.15) is 0 Å². The van der Waals surface area contributed by atoms with Gasteiger partial charge in [-0.05, 0) is 43.7 Å². The van der Waals surface area contributed by atoms with Crippen LogP contribution in [0.4, 0.5) is 5.69 Å². The van der Waals surface area contributed by atoms with Crippen LogP contribution in [0.2, 0.25) is 10.0 Å². The number of amides is 2. The maximum absolute atomic E-state index is 12.7. The van der Waals surface area contributed by atoms with Crippen molar-refractivity contribution in [1.82, 2.24) is 20.1 Å². The lowest BCUT2D eigenvalue weighted by Crippen LogP contribution is -2.29. The van der Waals surface area contributed by atoms with Crippen LogP contribution in [0.1, 0.15) is 34.7 Å². The van der Waals surface area contributed by atoms with Gasteiger partial charge in [0.2, 0.25) is 5.91 Å². The molecule has 0 aliphatic carbocycles. The van der Waals surface area contributed by atoms with Gasteiger partial charge in [0.05, 0.1) is 11.8 Å². The largest absolute Gasteiger partial charge is 0.342 e. The van der Waals surface area contributed by atoms with E-state index < -0.39 is 6.04 Å². The van der Waals surface area contributed by atoms with Gasteiger partial charge in [0, 0.05) is 27.8 Å². The number of nitrogens with one attached hydrogen (secondary N) is 2. The van der Waals surface area contributed by atoms with Gasteiger partial charge < -0.3 is 15.2 Å². The monoisotopic (exact) mass is 503 g/mol. The van der Waals surface area contributed by atoms with E-state index in [0.29, 0.717) is 38.8 Å². The van der Waals surface area contributed by atoms with Crippen molar-refractivity contribution in [3.8, 4) is 0 Å². The predicted octanol–water partition coefficient (Wildman–Crippen LogP) is 5.30. The van der Waals surface area contributed by atoms with Crippen LogP contribution in [-0.2, 0) is 11.3 Å². The number of allylic oxidation sites excluding steroid dienone is 1. The summed E-state index contributed by atoms with van der Waals surface area (Å²) >= 11 is 13.2. The van der Waals surface area contributed by atoms with Crippen molar-refractivity contribution in [3.05, 3.63) is 82.1 Å². The first-order valence-electron chi connectivity index (χ1n) is 10.1. The second-order valence-electron chi connectivity index (χ2n) is 7.25. The highest BCUT2D eigenvalue weighted by atomic mass is 35.5. The fraction of sp³-hybridized carbons (Fsp3) is 0.217. The minimum Gasteiger partial charge on any atom is -0.342 e. The van der Waals surface area contributed by atoms with Crippen LogP contribution >= 0.6 is 35.0 Å².